The van der Waals surface area contributed by atoms with Gasteiger partial charge in [-0.05, 0) is 65.4 Å². The molecular formula is C36H34N6O2. The number of rotatable bonds is 9. The summed E-state index contributed by atoms with van der Waals surface area (Å²) >= 11 is 0. The van der Waals surface area contributed by atoms with Gasteiger partial charge in [0, 0.05) is 38.3 Å². The van der Waals surface area contributed by atoms with Crippen LogP contribution in [0, 0.1) is 6.92 Å². The highest BCUT2D eigenvalue weighted by molar-refractivity contribution is 5.95. The number of aromatic nitrogens is 4. The number of carbonyl (C=O) groups excluding carboxylic acids is 2. The molecule has 0 aliphatic carbocycles. The van der Waals surface area contributed by atoms with Crippen molar-refractivity contribution in [3.05, 3.63) is 149 Å². The van der Waals surface area contributed by atoms with E-state index in [9.17, 15) is 9.59 Å². The molecule has 0 N–H and O–H groups in total. The van der Waals surface area contributed by atoms with Crippen molar-refractivity contribution in [2.45, 2.75) is 38.9 Å². The van der Waals surface area contributed by atoms with Gasteiger partial charge in [-0.25, -0.2) is 4.68 Å². The molecule has 0 radical (unpaired) electrons. The van der Waals surface area contributed by atoms with Crippen molar-refractivity contribution in [3.8, 4) is 5.69 Å². The maximum atomic E-state index is 14.4. The fourth-order valence-electron chi connectivity index (χ4n) is 5.53. The third-order valence-electron chi connectivity index (χ3n) is 7.97. The first-order valence-electron chi connectivity index (χ1n) is 14.8. The van der Waals surface area contributed by atoms with Crippen molar-refractivity contribution in [1.29, 1.82) is 0 Å². The van der Waals surface area contributed by atoms with E-state index in [1.165, 1.54) is 11.6 Å². The molecule has 8 nitrogen and oxygen atoms in total. The van der Waals surface area contributed by atoms with Crippen LogP contribution in [0.3, 0.4) is 0 Å². The lowest BCUT2D eigenvalue weighted by Gasteiger charge is -2.37. The Bertz CT molecular complexity index is 1730. The average Bonchev–Trinajstić information content (AvgIpc) is 3.61. The Morgan fingerprint density at radius 2 is 1.68 bits per heavy atom. The van der Waals surface area contributed by atoms with Crippen LogP contribution in [-0.4, -0.2) is 54.2 Å². The normalized spacial score (nSPS) is 13.4. The number of carbonyl (C=O) groups is 2. The van der Waals surface area contributed by atoms with Crippen molar-refractivity contribution < 1.29 is 9.59 Å². The van der Waals surface area contributed by atoms with Crippen LogP contribution >= 0.6 is 0 Å². The smallest absolute Gasteiger partial charge is 0.247 e. The van der Waals surface area contributed by atoms with Crippen LogP contribution in [0.2, 0.25) is 0 Å². The third-order valence-corrected chi connectivity index (χ3v) is 7.97. The Balaban J connectivity index is 1.34. The molecule has 0 fully saturated rings. The number of hydrogen-bond acceptors (Lipinski definition) is 5. The number of fused-ring (bicyclic) bond motifs is 1. The van der Waals surface area contributed by atoms with E-state index in [-0.39, 0.29) is 18.4 Å². The number of aryl methyl sites for hydroxylation is 1. The molecule has 0 saturated carbocycles. The molecule has 8 heteroatoms. The van der Waals surface area contributed by atoms with E-state index in [1.54, 1.807) is 34.2 Å². The van der Waals surface area contributed by atoms with Gasteiger partial charge in [0.1, 0.15) is 6.04 Å². The highest BCUT2D eigenvalue weighted by atomic mass is 16.2. The molecule has 2 aromatic heterocycles. The Kier molecular flexibility index (Phi) is 8.68. The minimum absolute atomic E-state index is 0.0576. The molecule has 1 atom stereocenters. The van der Waals surface area contributed by atoms with E-state index >= 15 is 0 Å². The van der Waals surface area contributed by atoms with Crippen LogP contribution in [0.25, 0.3) is 11.8 Å². The third kappa shape index (κ3) is 6.81. The van der Waals surface area contributed by atoms with Gasteiger partial charge in [0.05, 0.1) is 23.8 Å². The second kappa shape index (κ2) is 13.3. The number of nitrogens with zero attached hydrogens (tertiary/aromatic N) is 6. The Labute approximate surface area is 257 Å². The SMILES string of the molecule is Cc1ccc(C=CC(=O)N(Cc2ccc(-n3ccnn3)cc2)[C@@H](Cc2ccccc2)C(=O)N2CCc3ccccc3C2)nc1. The van der Waals surface area contributed by atoms with Gasteiger partial charge in [-0.1, -0.05) is 78.0 Å². The van der Waals surface area contributed by atoms with Crippen LogP contribution in [0.4, 0.5) is 0 Å². The van der Waals surface area contributed by atoms with Crippen LogP contribution in [0.5, 0.6) is 0 Å². The first-order chi connectivity index (χ1) is 21.5. The average molecular weight is 583 g/mol. The van der Waals surface area contributed by atoms with Crippen LogP contribution < -0.4 is 0 Å². The van der Waals surface area contributed by atoms with Crippen LogP contribution in [-0.2, 0) is 35.5 Å². The Morgan fingerprint density at radius 1 is 0.909 bits per heavy atom. The van der Waals surface area contributed by atoms with Crippen molar-refractivity contribution >= 4 is 17.9 Å². The van der Waals surface area contributed by atoms with Gasteiger partial charge in [0.15, 0.2) is 0 Å². The van der Waals surface area contributed by atoms with Gasteiger partial charge in [-0.3, -0.25) is 14.6 Å². The molecule has 0 saturated heterocycles. The fraction of sp³-hybridized carbons (Fsp3) is 0.194. The topological polar surface area (TPSA) is 84.2 Å². The molecule has 6 rings (SSSR count). The number of amides is 2. The molecule has 220 valence electrons. The predicted octanol–water partition coefficient (Wildman–Crippen LogP) is 5.21. The maximum Gasteiger partial charge on any atom is 0.247 e. The molecule has 1 aliphatic heterocycles. The van der Waals surface area contributed by atoms with E-state index in [0.717, 1.165) is 34.4 Å². The van der Waals surface area contributed by atoms with Gasteiger partial charge in [-0.2, -0.15) is 0 Å². The highest BCUT2D eigenvalue weighted by Crippen LogP contribution is 2.23. The number of hydrogen-bond donors (Lipinski definition) is 0. The van der Waals surface area contributed by atoms with Crippen LogP contribution in [0.15, 0.2) is 116 Å². The summed E-state index contributed by atoms with van der Waals surface area (Å²) < 4.78 is 1.68. The summed E-state index contributed by atoms with van der Waals surface area (Å²) in [6.07, 6.45) is 9.60. The van der Waals surface area contributed by atoms with E-state index in [4.69, 9.17) is 0 Å². The van der Waals surface area contributed by atoms with Crippen molar-refractivity contribution in [3.63, 3.8) is 0 Å². The largest absolute Gasteiger partial charge is 0.336 e. The zero-order chi connectivity index (χ0) is 30.3. The van der Waals surface area contributed by atoms with Crippen molar-refractivity contribution in [2.24, 2.45) is 0 Å². The lowest BCUT2D eigenvalue weighted by molar-refractivity contribution is -0.144. The molecule has 2 amide bonds. The molecular weight excluding hydrogens is 548 g/mol. The van der Waals surface area contributed by atoms with Gasteiger partial charge in [0.25, 0.3) is 0 Å². The summed E-state index contributed by atoms with van der Waals surface area (Å²) in [6, 6.07) is 29.1. The summed E-state index contributed by atoms with van der Waals surface area (Å²) in [7, 11) is 0. The summed E-state index contributed by atoms with van der Waals surface area (Å²) in [4.78, 5) is 36.5. The molecule has 3 heterocycles. The number of benzene rings is 3. The molecule has 0 spiro atoms. The summed E-state index contributed by atoms with van der Waals surface area (Å²) in [5.74, 6) is -0.308. The fourth-order valence-corrected chi connectivity index (χ4v) is 5.53. The second-order valence-electron chi connectivity index (χ2n) is 11.1. The lowest BCUT2D eigenvalue weighted by Crippen LogP contribution is -2.52. The van der Waals surface area contributed by atoms with Gasteiger partial charge < -0.3 is 9.80 Å². The lowest BCUT2D eigenvalue weighted by atomic mass is 9.97. The summed E-state index contributed by atoms with van der Waals surface area (Å²) in [5, 5.41) is 7.96. The molecule has 3 aromatic carbocycles. The van der Waals surface area contributed by atoms with E-state index in [2.05, 4.69) is 27.4 Å². The zero-order valence-electron chi connectivity index (χ0n) is 24.7. The minimum Gasteiger partial charge on any atom is -0.336 e. The summed E-state index contributed by atoms with van der Waals surface area (Å²) in [5.41, 5.74) is 6.90. The monoisotopic (exact) mass is 582 g/mol. The molecule has 0 unspecified atom stereocenters. The molecule has 1 aliphatic rings. The minimum atomic E-state index is -0.708. The predicted molar refractivity (Wildman–Crippen MR) is 169 cm³/mol. The molecule has 5 aromatic rings. The van der Waals surface area contributed by atoms with Gasteiger partial charge in [-0.15, -0.1) is 5.10 Å². The first kappa shape index (κ1) is 28.7. The summed E-state index contributed by atoms with van der Waals surface area (Å²) in [6.45, 7) is 3.37. The Hall–Kier alpha value is -5.37. The Morgan fingerprint density at radius 3 is 2.41 bits per heavy atom. The highest BCUT2D eigenvalue weighted by Gasteiger charge is 2.34. The standard InChI is InChI=1S/C36H34N6O2/c1-27-11-14-32(37-24-27)15-18-35(43)41(25-29-12-16-33(17-13-29)42-22-20-38-39-42)34(23-28-7-3-2-4-8-28)36(44)40-21-19-30-9-5-6-10-31(30)26-40/h2-18,20,22,24,34H,19,21,23,25-26H2,1H3/t34-/m0/s1. The number of pyridine rings is 1. The van der Waals surface area contributed by atoms with Crippen molar-refractivity contribution in [1.82, 2.24) is 29.8 Å². The molecule has 44 heavy (non-hydrogen) atoms. The van der Waals surface area contributed by atoms with Crippen molar-refractivity contribution in [2.75, 3.05) is 6.54 Å². The second-order valence-corrected chi connectivity index (χ2v) is 11.1. The van der Waals surface area contributed by atoms with Crippen LogP contribution in [0.1, 0.15) is 33.5 Å². The maximum absolute atomic E-state index is 14.4. The van der Waals surface area contributed by atoms with Gasteiger partial charge >= 0.3 is 0 Å². The van der Waals surface area contributed by atoms with E-state index in [0.29, 0.717) is 25.2 Å². The van der Waals surface area contributed by atoms with E-state index in [1.807, 2.05) is 90.7 Å². The first-order valence-corrected chi connectivity index (χ1v) is 14.8. The van der Waals surface area contributed by atoms with E-state index < -0.39 is 6.04 Å². The zero-order valence-corrected chi connectivity index (χ0v) is 24.7. The quantitative estimate of drug-likeness (QED) is 0.223. The molecule has 0 bridgehead atoms. The van der Waals surface area contributed by atoms with Gasteiger partial charge in [0.2, 0.25) is 11.8 Å².